The molecule has 1 N–H and O–H groups in total. The summed E-state index contributed by atoms with van der Waals surface area (Å²) in [6.07, 6.45) is 1.71. The number of fused-ring (bicyclic) bond motifs is 1. The van der Waals surface area contributed by atoms with Crippen LogP contribution in [0.5, 0.6) is 0 Å². The molecule has 0 spiro atoms. The van der Waals surface area contributed by atoms with Crippen LogP contribution in [0.4, 0.5) is 0 Å². The van der Waals surface area contributed by atoms with Crippen molar-refractivity contribution in [1.82, 2.24) is 20.1 Å². The summed E-state index contributed by atoms with van der Waals surface area (Å²) in [6.45, 7) is 2.50. The molecule has 0 unspecified atom stereocenters. The predicted molar refractivity (Wildman–Crippen MR) is 89.9 cm³/mol. The third kappa shape index (κ3) is 3.23. The number of hydrogen-bond acceptors (Lipinski definition) is 3. The number of pyridine rings is 1. The zero-order valence-electron chi connectivity index (χ0n) is 12.9. The van der Waals surface area contributed by atoms with Gasteiger partial charge in [-0.1, -0.05) is 0 Å². The Balaban J connectivity index is 1.88. The van der Waals surface area contributed by atoms with Crippen molar-refractivity contribution in [2.75, 3.05) is 0 Å². The van der Waals surface area contributed by atoms with Crippen molar-refractivity contribution in [2.24, 2.45) is 7.05 Å². The molecule has 6 heteroatoms. The van der Waals surface area contributed by atoms with Gasteiger partial charge in [-0.2, -0.15) is 0 Å². The number of benzene rings is 1. The normalized spacial score (nSPS) is 10.7. The van der Waals surface area contributed by atoms with Crippen molar-refractivity contribution in [3.63, 3.8) is 0 Å². The molecule has 3 aromatic rings. The summed E-state index contributed by atoms with van der Waals surface area (Å²) in [5.41, 5.74) is 4.21. The van der Waals surface area contributed by atoms with Crippen molar-refractivity contribution in [1.29, 1.82) is 0 Å². The van der Waals surface area contributed by atoms with E-state index >= 15 is 0 Å². The molecule has 5 nitrogen and oxygen atoms in total. The zero-order valence-corrected chi connectivity index (χ0v) is 14.6. The van der Waals surface area contributed by atoms with Gasteiger partial charge in [-0.3, -0.25) is 0 Å². The standard InChI is InChI=1S/C17H16N4OSe/c1-11-5-7-12(8-6-11)10-19-17(22)15-16(23)14-13(21(2)20-15)4-3-9-18-14/h3-9H,10H2,1-2H3,(H,19,22). The summed E-state index contributed by atoms with van der Waals surface area (Å²) in [5.74, 6) is -0.220. The summed E-state index contributed by atoms with van der Waals surface area (Å²) in [5, 5.41) is 7.27. The summed E-state index contributed by atoms with van der Waals surface area (Å²) >= 11 is 2.93. The van der Waals surface area contributed by atoms with E-state index in [-0.39, 0.29) is 5.91 Å². The van der Waals surface area contributed by atoms with Crippen LogP contribution in [0, 0.1) is 11.0 Å². The second-order valence-corrected chi connectivity index (χ2v) is 6.20. The van der Waals surface area contributed by atoms with Crippen LogP contribution in [0.25, 0.3) is 11.0 Å². The number of rotatable bonds is 3. The Morgan fingerprint density at radius 3 is 2.74 bits per heavy atom. The molecule has 0 atom stereocenters. The number of carbonyl (C=O) groups is 1. The van der Waals surface area contributed by atoms with Crippen molar-refractivity contribution in [2.45, 2.75) is 13.5 Å². The molecule has 0 aliphatic heterocycles. The molecule has 1 aromatic carbocycles. The number of aromatic nitrogens is 3. The van der Waals surface area contributed by atoms with Crippen LogP contribution in [0.3, 0.4) is 0 Å². The fourth-order valence-corrected chi connectivity index (χ4v) is 2.92. The molecule has 23 heavy (non-hydrogen) atoms. The quantitative estimate of drug-likeness (QED) is 0.716. The number of hydrogen-bond donors (Lipinski definition) is 1. The van der Waals surface area contributed by atoms with Crippen LogP contribution in [-0.2, 0) is 13.6 Å². The minimum absolute atomic E-state index is 0.220. The zero-order chi connectivity index (χ0) is 16.4. The molecule has 0 aliphatic rings. The molecule has 2 aromatic heterocycles. The SMILES string of the molecule is Cc1ccc(CNC(=O)c2nn(C)c3cccnc3c2=[Se])cc1. The van der Waals surface area contributed by atoms with Gasteiger partial charge in [0.1, 0.15) is 0 Å². The molecule has 0 aliphatic carbocycles. The minimum atomic E-state index is -0.220. The maximum absolute atomic E-state index is 12.5. The molecule has 0 saturated carbocycles. The van der Waals surface area contributed by atoms with Crippen LogP contribution >= 0.6 is 0 Å². The third-order valence-electron chi connectivity index (χ3n) is 3.60. The Hall–Kier alpha value is -2.30. The van der Waals surface area contributed by atoms with Gasteiger partial charge >= 0.3 is 141 Å². The Morgan fingerprint density at radius 1 is 1.26 bits per heavy atom. The average molecular weight is 371 g/mol. The van der Waals surface area contributed by atoms with Crippen LogP contribution < -0.4 is 5.32 Å². The topological polar surface area (TPSA) is 59.8 Å². The van der Waals surface area contributed by atoms with Crippen LogP contribution in [0.1, 0.15) is 21.6 Å². The molecule has 3 rings (SSSR count). The van der Waals surface area contributed by atoms with E-state index < -0.39 is 0 Å². The summed E-state index contributed by atoms with van der Waals surface area (Å²) in [7, 11) is 1.81. The van der Waals surface area contributed by atoms with Gasteiger partial charge in [0.05, 0.1) is 0 Å². The van der Waals surface area contributed by atoms with Crippen molar-refractivity contribution in [3.8, 4) is 0 Å². The third-order valence-corrected chi connectivity index (χ3v) is 4.42. The first-order chi connectivity index (χ1) is 11.1. The van der Waals surface area contributed by atoms with E-state index in [9.17, 15) is 4.79 Å². The molecular formula is C17H16N4OSe. The fraction of sp³-hybridized carbons (Fsp3) is 0.176. The first-order valence-corrected chi connectivity index (χ1v) is 8.07. The molecule has 0 radical (unpaired) electrons. The molecule has 0 bridgehead atoms. The van der Waals surface area contributed by atoms with E-state index in [1.54, 1.807) is 17.9 Å². The van der Waals surface area contributed by atoms with Crippen LogP contribution in [0.15, 0.2) is 42.6 Å². The van der Waals surface area contributed by atoms with Gasteiger partial charge in [0, 0.05) is 0 Å². The van der Waals surface area contributed by atoms with E-state index in [2.05, 4.69) is 31.0 Å². The van der Waals surface area contributed by atoms with Crippen molar-refractivity contribution < 1.29 is 4.79 Å². The molecule has 0 fully saturated rings. The van der Waals surface area contributed by atoms with Gasteiger partial charge in [0.15, 0.2) is 0 Å². The van der Waals surface area contributed by atoms with Gasteiger partial charge in [-0.25, -0.2) is 0 Å². The first kappa shape index (κ1) is 15.6. The summed E-state index contributed by atoms with van der Waals surface area (Å²) < 4.78 is 2.34. The number of carbonyl (C=O) groups excluding carboxylic acids is 1. The van der Waals surface area contributed by atoms with E-state index in [1.165, 1.54) is 5.56 Å². The number of amides is 1. The van der Waals surface area contributed by atoms with E-state index in [4.69, 9.17) is 0 Å². The number of nitrogens with one attached hydrogen (secondary N) is 1. The van der Waals surface area contributed by atoms with Crippen LogP contribution in [0.2, 0.25) is 0 Å². The average Bonchev–Trinajstić information content (AvgIpc) is 2.57. The molecule has 2 heterocycles. The van der Waals surface area contributed by atoms with Gasteiger partial charge in [0.2, 0.25) is 0 Å². The molecule has 116 valence electrons. The van der Waals surface area contributed by atoms with E-state index in [0.717, 1.165) is 16.6 Å². The van der Waals surface area contributed by atoms with E-state index in [0.29, 0.717) is 16.3 Å². The Morgan fingerprint density at radius 2 is 2.00 bits per heavy atom. The Kier molecular flexibility index (Phi) is 4.37. The maximum atomic E-state index is 12.5. The number of aryl methyl sites for hydroxylation is 2. The van der Waals surface area contributed by atoms with Gasteiger partial charge < -0.3 is 0 Å². The second-order valence-electron chi connectivity index (χ2n) is 5.34. The molecule has 0 saturated heterocycles. The van der Waals surface area contributed by atoms with Crippen LogP contribution in [-0.4, -0.2) is 36.2 Å². The number of nitrogens with zero attached hydrogens (tertiary/aromatic N) is 3. The second kappa shape index (κ2) is 6.44. The van der Waals surface area contributed by atoms with Gasteiger partial charge in [0.25, 0.3) is 0 Å². The van der Waals surface area contributed by atoms with Crippen molar-refractivity contribution in [3.05, 3.63) is 63.5 Å². The first-order valence-electron chi connectivity index (χ1n) is 7.22. The Labute approximate surface area is 141 Å². The van der Waals surface area contributed by atoms with Crippen molar-refractivity contribution >= 4 is 32.5 Å². The summed E-state index contributed by atoms with van der Waals surface area (Å²) in [4.78, 5) is 16.8. The van der Waals surface area contributed by atoms with Gasteiger partial charge in [-0.15, -0.1) is 0 Å². The summed E-state index contributed by atoms with van der Waals surface area (Å²) in [6, 6.07) is 11.8. The van der Waals surface area contributed by atoms with E-state index in [1.807, 2.05) is 43.3 Å². The predicted octanol–water partition coefficient (Wildman–Crippen LogP) is 1.91. The molecule has 1 amide bonds. The fourth-order valence-electron chi connectivity index (χ4n) is 2.31. The Bertz CT molecular complexity index is 931. The van der Waals surface area contributed by atoms with Gasteiger partial charge in [-0.05, 0) is 0 Å². The monoisotopic (exact) mass is 372 g/mol. The molecular weight excluding hydrogens is 355 g/mol.